The van der Waals surface area contributed by atoms with E-state index < -0.39 is 0 Å². The third kappa shape index (κ3) is 4.64. The summed E-state index contributed by atoms with van der Waals surface area (Å²) in [5, 5.41) is 4.35. The Labute approximate surface area is 214 Å². The maximum Gasteiger partial charge on any atom is 0.293 e. The molecule has 36 heavy (non-hydrogen) atoms. The highest BCUT2D eigenvalue weighted by atomic mass is 35.5. The Kier molecular flexibility index (Phi) is 6.84. The van der Waals surface area contributed by atoms with Crippen LogP contribution in [0.4, 0.5) is 17.3 Å². The van der Waals surface area contributed by atoms with Gasteiger partial charge in [0.2, 0.25) is 5.95 Å². The Morgan fingerprint density at radius 3 is 2.53 bits per heavy atom. The van der Waals surface area contributed by atoms with Crippen LogP contribution in [0.1, 0.15) is 18.4 Å². The first-order chi connectivity index (χ1) is 17.5. The van der Waals surface area contributed by atoms with Gasteiger partial charge in [0.15, 0.2) is 5.65 Å². The zero-order chi connectivity index (χ0) is 25.2. The van der Waals surface area contributed by atoms with Gasteiger partial charge in [0.05, 0.1) is 12.7 Å². The van der Waals surface area contributed by atoms with Crippen molar-refractivity contribution in [1.29, 1.82) is 0 Å². The van der Waals surface area contributed by atoms with Gasteiger partial charge >= 0.3 is 0 Å². The van der Waals surface area contributed by atoms with E-state index in [0.717, 1.165) is 43.0 Å². The number of nitrogens with one attached hydrogen (secondary N) is 1. The van der Waals surface area contributed by atoms with Gasteiger partial charge in [-0.05, 0) is 43.8 Å². The van der Waals surface area contributed by atoms with E-state index in [9.17, 15) is 4.79 Å². The lowest BCUT2D eigenvalue weighted by Gasteiger charge is -2.34. The number of methoxy groups -OCH3 is 1. The van der Waals surface area contributed by atoms with Gasteiger partial charge < -0.3 is 24.7 Å². The molecule has 3 aromatic rings. The number of pyridine rings is 1. The molecule has 9 nitrogen and oxygen atoms in total. The summed E-state index contributed by atoms with van der Waals surface area (Å²) in [7, 11) is 5.16. The second-order valence-electron chi connectivity index (χ2n) is 8.87. The van der Waals surface area contributed by atoms with Gasteiger partial charge in [0.25, 0.3) is 5.56 Å². The van der Waals surface area contributed by atoms with Crippen LogP contribution in [0.3, 0.4) is 0 Å². The SMILES string of the molecule is COC1=C(c2cc3cnc(Nc4ccc(N5CCN(C)CC5)cc4)nc3n(OC)c2=O)C(Cl)=CCC1. The summed E-state index contributed by atoms with van der Waals surface area (Å²) in [6, 6.07) is 9.93. The zero-order valence-electron chi connectivity index (χ0n) is 20.6. The predicted octanol–water partition coefficient (Wildman–Crippen LogP) is 3.62. The largest absolute Gasteiger partial charge is 0.500 e. The molecular weight excluding hydrogens is 480 g/mol. The molecule has 1 aliphatic carbocycles. The molecule has 1 aliphatic heterocycles. The highest BCUT2D eigenvalue weighted by Crippen LogP contribution is 2.35. The molecule has 0 bridgehead atoms. The number of nitrogens with zero attached hydrogens (tertiary/aromatic N) is 5. The van der Waals surface area contributed by atoms with E-state index in [0.29, 0.717) is 45.3 Å². The number of benzene rings is 1. The van der Waals surface area contributed by atoms with Crippen LogP contribution >= 0.6 is 11.6 Å². The number of rotatable bonds is 6. The average Bonchev–Trinajstić information content (AvgIpc) is 2.89. The smallest absolute Gasteiger partial charge is 0.293 e. The van der Waals surface area contributed by atoms with Crippen LogP contribution in [-0.2, 0) is 4.74 Å². The zero-order valence-corrected chi connectivity index (χ0v) is 21.4. The normalized spacial score (nSPS) is 16.8. The molecule has 0 saturated carbocycles. The molecule has 5 rings (SSSR count). The first kappa shape index (κ1) is 24.1. The van der Waals surface area contributed by atoms with Crippen molar-refractivity contribution >= 4 is 45.5 Å². The lowest BCUT2D eigenvalue weighted by molar-refractivity contribution is 0.167. The Balaban J connectivity index is 1.45. The van der Waals surface area contributed by atoms with E-state index in [1.165, 1.54) is 12.8 Å². The molecule has 10 heteroatoms. The van der Waals surface area contributed by atoms with Crippen molar-refractivity contribution in [3.05, 3.63) is 69.3 Å². The number of ether oxygens (including phenoxy) is 1. The highest BCUT2D eigenvalue weighted by Gasteiger charge is 2.23. The van der Waals surface area contributed by atoms with Crippen LogP contribution in [0.5, 0.6) is 0 Å². The Bertz CT molecular complexity index is 1390. The second-order valence-corrected chi connectivity index (χ2v) is 9.28. The number of aromatic nitrogens is 3. The molecule has 1 N–H and O–H groups in total. The molecule has 2 aromatic heterocycles. The first-order valence-corrected chi connectivity index (χ1v) is 12.3. The lowest BCUT2D eigenvalue weighted by atomic mass is 9.98. The van der Waals surface area contributed by atoms with E-state index in [2.05, 4.69) is 44.3 Å². The van der Waals surface area contributed by atoms with Gasteiger partial charge in [-0.25, -0.2) is 4.98 Å². The van der Waals surface area contributed by atoms with E-state index in [1.807, 2.05) is 18.2 Å². The van der Waals surface area contributed by atoms with Crippen molar-refractivity contribution < 1.29 is 9.57 Å². The Morgan fingerprint density at radius 1 is 1.08 bits per heavy atom. The van der Waals surface area contributed by atoms with Gasteiger partial charge in [0.1, 0.15) is 12.9 Å². The van der Waals surface area contributed by atoms with Crippen molar-refractivity contribution in [2.75, 3.05) is 57.7 Å². The summed E-state index contributed by atoms with van der Waals surface area (Å²) >= 11 is 6.48. The van der Waals surface area contributed by atoms with Crippen LogP contribution in [0.25, 0.3) is 16.6 Å². The minimum absolute atomic E-state index is 0.355. The molecule has 1 aromatic carbocycles. The number of likely N-dealkylation sites (N-methyl/N-ethyl adjacent to an activating group) is 1. The van der Waals surface area contributed by atoms with E-state index >= 15 is 0 Å². The average molecular weight is 509 g/mol. The number of allylic oxidation sites excluding steroid dienone is 4. The van der Waals surface area contributed by atoms with Crippen LogP contribution in [0, 0.1) is 0 Å². The van der Waals surface area contributed by atoms with Gasteiger partial charge in [-0.15, -0.1) is 4.73 Å². The minimum atomic E-state index is -0.371. The standard InChI is InChI=1S/C26H29ClN6O3/c1-31-11-13-32(14-12-31)19-9-7-18(8-10-19)29-26-28-16-17-15-20(25(34)33(36-3)24(17)30-26)23-21(27)5-4-6-22(23)35-2/h5,7-10,15-16H,4,6,11-14H2,1-3H3,(H,28,29,30). The minimum Gasteiger partial charge on any atom is -0.500 e. The number of halogens is 1. The van der Waals surface area contributed by atoms with Gasteiger partial charge in [0, 0.05) is 66.2 Å². The summed E-state index contributed by atoms with van der Waals surface area (Å²) in [6.45, 7) is 4.13. The number of hydrogen-bond acceptors (Lipinski definition) is 8. The van der Waals surface area contributed by atoms with Crippen molar-refractivity contribution in [3.8, 4) is 0 Å². The summed E-state index contributed by atoms with van der Waals surface area (Å²) in [5.74, 6) is 1.03. The number of anilines is 3. The van der Waals surface area contributed by atoms with E-state index in [1.54, 1.807) is 19.4 Å². The van der Waals surface area contributed by atoms with Crippen molar-refractivity contribution in [3.63, 3.8) is 0 Å². The van der Waals surface area contributed by atoms with Crippen LogP contribution in [-0.4, -0.2) is 67.0 Å². The monoisotopic (exact) mass is 508 g/mol. The summed E-state index contributed by atoms with van der Waals surface area (Å²) in [5.41, 5.74) is 2.98. The van der Waals surface area contributed by atoms with Crippen molar-refractivity contribution in [1.82, 2.24) is 19.6 Å². The lowest BCUT2D eigenvalue weighted by Crippen LogP contribution is -2.44. The Morgan fingerprint density at radius 2 is 1.83 bits per heavy atom. The molecule has 2 aliphatic rings. The third-order valence-corrected chi connectivity index (χ3v) is 6.95. The molecule has 1 saturated heterocycles. The number of hydrogen-bond donors (Lipinski definition) is 1. The van der Waals surface area contributed by atoms with Crippen LogP contribution < -0.4 is 20.6 Å². The van der Waals surface area contributed by atoms with Crippen molar-refractivity contribution in [2.24, 2.45) is 0 Å². The van der Waals surface area contributed by atoms with Crippen LogP contribution in [0.15, 0.2) is 58.2 Å². The molecular formula is C26H29ClN6O3. The second kappa shape index (κ2) is 10.2. The number of piperazine rings is 1. The quantitative estimate of drug-likeness (QED) is 0.540. The first-order valence-electron chi connectivity index (χ1n) is 11.9. The molecule has 0 amide bonds. The fourth-order valence-corrected chi connectivity index (χ4v) is 4.92. The summed E-state index contributed by atoms with van der Waals surface area (Å²) in [6.07, 6.45) is 4.97. The topological polar surface area (TPSA) is 84.8 Å². The summed E-state index contributed by atoms with van der Waals surface area (Å²) < 4.78 is 6.69. The molecule has 0 radical (unpaired) electrons. The van der Waals surface area contributed by atoms with Crippen molar-refractivity contribution in [2.45, 2.75) is 12.8 Å². The maximum absolute atomic E-state index is 13.4. The third-order valence-electron chi connectivity index (χ3n) is 6.61. The van der Waals surface area contributed by atoms with Gasteiger partial charge in [-0.1, -0.05) is 17.7 Å². The molecule has 0 atom stereocenters. The highest BCUT2D eigenvalue weighted by molar-refractivity contribution is 6.37. The molecule has 0 unspecified atom stereocenters. The predicted molar refractivity (Wildman–Crippen MR) is 143 cm³/mol. The molecule has 3 heterocycles. The maximum atomic E-state index is 13.4. The number of fused-ring (bicyclic) bond motifs is 1. The molecule has 188 valence electrons. The fourth-order valence-electron chi connectivity index (χ4n) is 4.60. The Hall–Kier alpha value is -3.56. The van der Waals surface area contributed by atoms with E-state index in [-0.39, 0.29) is 5.56 Å². The van der Waals surface area contributed by atoms with Gasteiger partial charge in [-0.2, -0.15) is 4.98 Å². The van der Waals surface area contributed by atoms with Gasteiger partial charge in [-0.3, -0.25) is 4.79 Å². The van der Waals surface area contributed by atoms with E-state index in [4.69, 9.17) is 21.2 Å². The molecule has 1 fully saturated rings. The van der Waals surface area contributed by atoms with Crippen LogP contribution in [0.2, 0.25) is 0 Å². The summed E-state index contributed by atoms with van der Waals surface area (Å²) in [4.78, 5) is 32.6. The molecule has 0 spiro atoms. The fraction of sp³-hybridized carbons (Fsp3) is 0.346.